The number of carbonyl (C=O) groups excluding carboxylic acids is 4. The maximum absolute atomic E-state index is 11.2. The van der Waals surface area contributed by atoms with Crippen LogP contribution in [0.2, 0.25) is 0 Å². The van der Waals surface area contributed by atoms with Crippen LogP contribution in [0.1, 0.15) is 81.0 Å². The first-order chi connectivity index (χ1) is 12.7. The minimum Gasteiger partial charge on any atom is -0.497 e. The minimum atomic E-state index is -0.141. The van der Waals surface area contributed by atoms with Gasteiger partial charge in [-0.25, -0.2) is 0 Å². The van der Waals surface area contributed by atoms with Crippen molar-refractivity contribution < 1.29 is 23.9 Å². The van der Waals surface area contributed by atoms with Crippen molar-refractivity contribution in [1.29, 1.82) is 0 Å². The Kier molecular flexibility index (Phi) is 11.6. The Morgan fingerprint density at radius 3 is 2.00 bits per heavy atom. The van der Waals surface area contributed by atoms with Crippen molar-refractivity contribution in [1.82, 2.24) is 5.32 Å². The van der Waals surface area contributed by atoms with Gasteiger partial charge in [-0.15, -0.1) is 0 Å². The highest BCUT2D eigenvalue weighted by Gasteiger charge is 2.21. The smallest absolute Gasteiger partial charge is 0.229 e. The summed E-state index contributed by atoms with van der Waals surface area (Å²) >= 11 is 0. The highest BCUT2D eigenvalue weighted by Crippen LogP contribution is 2.18. The van der Waals surface area contributed by atoms with Crippen LogP contribution in [-0.2, 0) is 9.59 Å². The van der Waals surface area contributed by atoms with E-state index in [0.717, 1.165) is 0 Å². The molecule has 0 saturated carbocycles. The molecule has 1 aromatic carbocycles. The van der Waals surface area contributed by atoms with Crippen LogP contribution < -0.4 is 10.1 Å². The first-order valence-corrected chi connectivity index (χ1v) is 9.21. The summed E-state index contributed by atoms with van der Waals surface area (Å²) in [6, 6.07) is 4.86. The monoisotopic (exact) mass is 377 g/mol. The third-order valence-corrected chi connectivity index (χ3v) is 4.00. The lowest BCUT2D eigenvalue weighted by atomic mass is 10.0. The quantitative estimate of drug-likeness (QED) is 0.633. The number of nitrogens with one attached hydrogen (secondary N) is 1. The van der Waals surface area contributed by atoms with Crippen molar-refractivity contribution in [3.8, 4) is 5.75 Å². The van der Waals surface area contributed by atoms with Gasteiger partial charge in [-0.05, 0) is 38.5 Å². The van der Waals surface area contributed by atoms with E-state index >= 15 is 0 Å². The molecule has 2 amide bonds. The molecule has 1 saturated heterocycles. The average Bonchev–Trinajstić information content (AvgIpc) is 2.65. The van der Waals surface area contributed by atoms with E-state index in [4.69, 9.17) is 4.74 Å². The number of ketones is 2. The first kappa shape index (κ1) is 24.5. The number of rotatable bonds is 4. The molecule has 0 bridgehead atoms. The summed E-state index contributed by atoms with van der Waals surface area (Å²) in [7, 11) is 1.52. The van der Waals surface area contributed by atoms with Crippen LogP contribution in [0.5, 0.6) is 5.75 Å². The van der Waals surface area contributed by atoms with Crippen molar-refractivity contribution in [3.05, 3.63) is 29.3 Å². The van der Waals surface area contributed by atoms with Crippen molar-refractivity contribution in [2.45, 2.75) is 60.3 Å². The summed E-state index contributed by atoms with van der Waals surface area (Å²) < 4.78 is 4.98. The van der Waals surface area contributed by atoms with E-state index in [1.54, 1.807) is 18.2 Å². The summed E-state index contributed by atoms with van der Waals surface area (Å²) in [6.07, 6.45) is 3.83. The Morgan fingerprint density at radius 1 is 1.07 bits per heavy atom. The topological polar surface area (TPSA) is 89.5 Å². The predicted octanol–water partition coefficient (Wildman–Crippen LogP) is 3.97. The fraction of sp³-hybridized carbons (Fsp3) is 0.524. The van der Waals surface area contributed by atoms with Gasteiger partial charge in [0.1, 0.15) is 5.75 Å². The van der Waals surface area contributed by atoms with Crippen LogP contribution >= 0.6 is 0 Å². The molecule has 0 spiro atoms. The van der Waals surface area contributed by atoms with Crippen LogP contribution in [-0.4, -0.2) is 30.5 Å². The van der Waals surface area contributed by atoms with Crippen molar-refractivity contribution in [2.24, 2.45) is 5.92 Å². The van der Waals surface area contributed by atoms with Gasteiger partial charge in [-0.3, -0.25) is 24.5 Å². The molecule has 2 rings (SSSR count). The molecule has 1 unspecified atom stereocenters. The number of carbonyl (C=O) groups is 4. The summed E-state index contributed by atoms with van der Waals surface area (Å²) in [5.74, 6) is 0.0826. The number of piperidine rings is 1. The van der Waals surface area contributed by atoms with E-state index in [1.807, 2.05) is 6.92 Å². The van der Waals surface area contributed by atoms with Gasteiger partial charge in [-0.2, -0.15) is 0 Å². The van der Waals surface area contributed by atoms with E-state index in [-0.39, 0.29) is 29.3 Å². The fourth-order valence-corrected chi connectivity index (χ4v) is 2.05. The molecule has 1 aliphatic heterocycles. The van der Waals surface area contributed by atoms with Gasteiger partial charge in [0.2, 0.25) is 11.8 Å². The van der Waals surface area contributed by atoms with Crippen LogP contribution in [0, 0.1) is 5.92 Å². The van der Waals surface area contributed by atoms with E-state index in [9.17, 15) is 19.2 Å². The van der Waals surface area contributed by atoms with Crippen LogP contribution in [0.3, 0.4) is 0 Å². The number of amides is 2. The van der Waals surface area contributed by atoms with Crippen LogP contribution in [0.15, 0.2) is 18.2 Å². The second-order valence-electron chi connectivity index (χ2n) is 6.38. The molecular formula is C21H31NO5. The maximum Gasteiger partial charge on any atom is 0.229 e. The molecule has 1 fully saturated rings. The van der Waals surface area contributed by atoms with Gasteiger partial charge in [-0.1, -0.05) is 33.6 Å². The zero-order valence-corrected chi connectivity index (χ0v) is 17.2. The third kappa shape index (κ3) is 9.13. The lowest BCUT2D eigenvalue weighted by molar-refractivity contribution is -0.135. The number of ether oxygens (including phenoxy) is 1. The van der Waals surface area contributed by atoms with E-state index < -0.39 is 0 Å². The van der Waals surface area contributed by atoms with E-state index in [2.05, 4.69) is 19.2 Å². The van der Waals surface area contributed by atoms with Crippen LogP contribution in [0.4, 0.5) is 0 Å². The Balaban J connectivity index is 0.000000444. The number of benzene rings is 1. The normalized spacial score (nSPS) is 15.4. The van der Waals surface area contributed by atoms with E-state index in [0.29, 0.717) is 29.7 Å². The Bertz CT molecular complexity index is 665. The molecule has 0 radical (unpaired) electrons. The maximum atomic E-state index is 11.2. The number of imide groups is 1. The standard InChI is InChI=1S/C11H12O3.C6H9NO2.C4H10/c1-7(12)10-5-4-9(14-3)6-11(10)8(2)13;1-4-2-3-5(8)7-6(4)9;1-3-4-2/h4-6H,1-3H3;4H,2-3H2,1H3,(H,7,8,9);3-4H2,1-2H3. The minimum absolute atomic E-state index is 0.0164. The van der Waals surface area contributed by atoms with Gasteiger partial charge >= 0.3 is 0 Å². The highest BCUT2D eigenvalue weighted by atomic mass is 16.5. The Morgan fingerprint density at radius 2 is 1.63 bits per heavy atom. The molecule has 1 heterocycles. The number of unbranched alkanes of at least 4 members (excludes halogenated alkanes) is 1. The second-order valence-corrected chi connectivity index (χ2v) is 6.38. The summed E-state index contributed by atoms with van der Waals surface area (Å²) in [4.78, 5) is 43.6. The van der Waals surface area contributed by atoms with Gasteiger partial charge in [0.05, 0.1) is 7.11 Å². The molecular weight excluding hydrogens is 346 g/mol. The van der Waals surface area contributed by atoms with Gasteiger partial charge in [0.25, 0.3) is 0 Å². The van der Waals surface area contributed by atoms with Gasteiger partial charge < -0.3 is 4.74 Å². The molecule has 6 heteroatoms. The summed E-state index contributed by atoms with van der Waals surface area (Å²) in [5.41, 5.74) is 0.857. The Hall–Kier alpha value is -2.50. The molecule has 1 aromatic rings. The molecule has 27 heavy (non-hydrogen) atoms. The molecule has 0 aliphatic carbocycles. The molecule has 0 aromatic heterocycles. The molecule has 1 aliphatic rings. The van der Waals surface area contributed by atoms with Crippen molar-refractivity contribution >= 4 is 23.4 Å². The predicted molar refractivity (Wildman–Crippen MR) is 105 cm³/mol. The third-order valence-electron chi connectivity index (χ3n) is 4.00. The number of hydrogen-bond acceptors (Lipinski definition) is 5. The summed E-state index contributed by atoms with van der Waals surface area (Å²) in [5, 5.41) is 2.25. The van der Waals surface area contributed by atoms with E-state index in [1.165, 1.54) is 33.8 Å². The lowest BCUT2D eigenvalue weighted by Gasteiger charge is -2.15. The highest BCUT2D eigenvalue weighted by molar-refractivity contribution is 6.07. The summed E-state index contributed by atoms with van der Waals surface area (Å²) in [6.45, 7) is 9.05. The molecule has 150 valence electrons. The average molecular weight is 377 g/mol. The molecule has 1 N–H and O–H groups in total. The molecule has 6 nitrogen and oxygen atoms in total. The Labute approximate surface area is 161 Å². The lowest BCUT2D eigenvalue weighted by Crippen LogP contribution is -2.39. The zero-order chi connectivity index (χ0) is 21.0. The second kappa shape index (κ2) is 12.8. The number of hydrogen-bond donors (Lipinski definition) is 1. The fourth-order valence-electron chi connectivity index (χ4n) is 2.05. The number of Topliss-reactive ketones (excluding diaryl/α,β-unsaturated/α-hetero) is 2. The van der Waals surface area contributed by atoms with Crippen molar-refractivity contribution in [2.75, 3.05) is 7.11 Å². The van der Waals surface area contributed by atoms with Crippen molar-refractivity contribution in [3.63, 3.8) is 0 Å². The SMILES string of the molecule is CC1CCC(=O)NC1=O.CCCC.COc1ccc(C(C)=O)c(C(C)=O)c1. The van der Waals surface area contributed by atoms with Gasteiger partial charge in [0, 0.05) is 23.5 Å². The number of methoxy groups -OCH3 is 1. The molecule has 1 atom stereocenters. The van der Waals surface area contributed by atoms with Gasteiger partial charge in [0.15, 0.2) is 11.6 Å². The largest absolute Gasteiger partial charge is 0.497 e. The zero-order valence-electron chi connectivity index (χ0n) is 17.2. The first-order valence-electron chi connectivity index (χ1n) is 9.21. The van der Waals surface area contributed by atoms with Crippen LogP contribution in [0.25, 0.3) is 0 Å².